The molecule has 0 spiro atoms. The number of aliphatic hydroxyl groups excluding tert-OH is 1. The van der Waals surface area contributed by atoms with Crippen LogP contribution in [-0.2, 0) is 4.74 Å². The fourth-order valence-electron chi connectivity index (χ4n) is 0.724. The Morgan fingerprint density at radius 2 is 1.64 bits per heavy atom. The van der Waals surface area contributed by atoms with Crippen LogP contribution in [0.15, 0.2) is 0 Å². The molecule has 1 N–H and O–H groups in total. The summed E-state index contributed by atoms with van der Waals surface area (Å²) in [6, 6.07) is 0. The van der Waals surface area contributed by atoms with Crippen LogP contribution in [0.5, 0.6) is 0 Å². The summed E-state index contributed by atoms with van der Waals surface area (Å²) in [7, 11) is 0. The van der Waals surface area contributed by atoms with Crippen molar-refractivity contribution in [2.75, 3.05) is 25.6 Å². The van der Waals surface area contributed by atoms with Crippen molar-refractivity contribution in [3.05, 3.63) is 0 Å². The van der Waals surface area contributed by atoms with Gasteiger partial charge in [-0.1, -0.05) is 12.6 Å². The molecule has 0 aliphatic heterocycles. The van der Waals surface area contributed by atoms with E-state index in [4.69, 9.17) is 22.5 Å². The summed E-state index contributed by atoms with van der Waals surface area (Å²) in [4.78, 5) is 0. The van der Waals surface area contributed by atoms with Crippen molar-refractivity contribution in [3.63, 3.8) is 0 Å². The number of ether oxygens (including phenoxy) is 1. The molecule has 0 aromatic rings. The first kappa shape index (κ1) is 11.3. The third-order valence-corrected chi connectivity index (χ3v) is 1.67. The van der Waals surface area contributed by atoms with Crippen LogP contribution in [0.3, 0.4) is 0 Å². The fraction of sp³-hybridized carbons (Fsp3) is 1.00. The molecule has 0 atom stereocenters. The molecule has 11 heavy (non-hydrogen) atoms. The van der Waals surface area contributed by atoms with Gasteiger partial charge in [-0.05, 0) is 25.7 Å². The summed E-state index contributed by atoms with van der Waals surface area (Å²) in [6.07, 6.45) is 3.96. The average molecular weight is 177 g/mol. The van der Waals surface area contributed by atoms with Gasteiger partial charge in [-0.2, -0.15) is 0 Å². The van der Waals surface area contributed by atoms with E-state index in [-0.39, 0.29) is 6.61 Å². The quantitative estimate of drug-likeness (QED) is 0.572. The van der Waals surface area contributed by atoms with E-state index in [1.165, 1.54) is 0 Å². The largest absolute Gasteiger partial charge is 0.396 e. The van der Waals surface area contributed by atoms with Crippen molar-refractivity contribution in [2.45, 2.75) is 25.7 Å². The Kier molecular flexibility index (Phi) is 10.5. The normalized spacial score (nSPS) is 10.4. The first-order chi connectivity index (χ1) is 5.41. The molecule has 0 aromatic heterocycles. The number of hydrogen-bond donors (Lipinski definition) is 1. The van der Waals surface area contributed by atoms with Crippen molar-refractivity contribution < 1.29 is 9.84 Å². The van der Waals surface area contributed by atoms with E-state index in [9.17, 15) is 0 Å². The third kappa shape index (κ3) is 10.3. The first-order valence-electron chi connectivity index (χ1n) is 4.18. The Bertz CT molecular complexity index is 61.1. The highest BCUT2D eigenvalue weighted by Gasteiger charge is 1.88. The van der Waals surface area contributed by atoms with Crippen LogP contribution in [0.2, 0.25) is 0 Å². The SMILES string of the molecule is OCCCCOCCCC[S]. The first-order valence-corrected chi connectivity index (χ1v) is 4.76. The van der Waals surface area contributed by atoms with Gasteiger partial charge < -0.3 is 9.84 Å². The van der Waals surface area contributed by atoms with Crippen LogP contribution in [0.25, 0.3) is 0 Å². The molecule has 0 aliphatic carbocycles. The topological polar surface area (TPSA) is 29.5 Å². The van der Waals surface area contributed by atoms with E-state index in [2.05, 4.69) is 0 Å². The predicted molar refractivity (Wildman–Crippen MR) is 48.8 cm³/mol. The monoisotopic (exact) mass is 177 g/mol. The van der Waals surface area contributed by atoms with E-state index in [1.807, 2.05) is 0 Å². The van der Waals surface area contributed by atoms with Crippen LogP contribution in [0.4, 0.5) is 0 Å². The standard InChI is InChI=1S/C8H17O2S/c9-5-1-2-6-10-7-3-4-8-11/h9H,1-8H2. The van der Waals surface area contributed by atoms with E-state index in [0.29, 0.717) is 0 Å². The highest BCUT2D eigenvalue weighted by molar-refractivity contribution is 7.80. The highest BCUT2D eigenvalue weighted by atomic mass is 32.1. The van der Waals surface area contributed by atoms with Gasteiger partial charge in [0.15, 0.2) is 0 Å². The van der Waals surface area contributed by atoms with Gasteiger partial charge in [0.1, 0.15) is 0 Å². The second-order valence-electron chi connectivity index (χ2n) is 2.45. The maximum Gasteiger partial charge on any atom is 0.0466 e. The maximum absolute atomic E-state index is 8.44. The zero-order chi connectivity index (χ0) is 8.36. The second kappa shape index (κ2) is 10.3. The van der Waals surface area contributed by atoms with Gasteiger partial charge in [0.25, 0.3) is 0 Å². The molecule has 0 heterocycles. The van der Waals surface area contributed by atoms with Crippen molar-refractivity contribution in [3.8, 4) is 0 Å². The molecular formula is C8H17O2S. The molecule has 3 heteroatoms. The average Bonchev–Trinajstić information content (AvgIpc) is 2.03. The molecule has 0 bridgehead atoms. The molecule has 0 aromatic carbocycles. The van der Waals surface area contributed by atoms with Gasteiger partial charge in [0.05, 0.1) is 0 Å². The number of aliphatic hydroxyl groups is 1. The second-order valence-corrected chi connectivity index (χ2v) is 2.86. The van der Waals surface area contributed by atoms with Crippen LogP contribution >= 0.6 is 12.6 Å². The van der Waals surface area contributed by atoms with Gasteiger partial charge in [-0.3, -0.25) is 0 Å². The predicted octanol–water partition coefficient (Wildman–Crippen LogP) is 1.75. The Balaban J connectivity index is 2.69. The Morgan fingerprint density at radius 1 is 1.00 bits per heavy atom. The summed E-state index contributed by atoms with van der Waals surface area (Å²) in [5.41, 5.74) is 0. The van der Waals surface area contributed by atoms with Crippen LogP contribution in [-0.4, -0.2) is 30.7 Å². The Labute approximate surface area is 74.4 Å². The molecular weight excluding hydrogens is 160 g/mol. The van der Waals surface area contributed by atoms with Gasteiger partial charge in [-0.15, -0.1) is 0 Å². The molecule has 0 amide bonds. The maximum atomic E-state index is 8.44. The zero-order valence-corrected chi connectivity index (χ0v) is 7.74. The van der Waals surface area contributed by atoms with Crippen LogP contribution in [0.1, 0.15) is 25.7 Å². The fourth-order valence-corrected chi connectivity index (χ4v) is 0.928. The Hall–Kier alpha value is 0.270. The van der Waals surface area contributed by atoms with Crippen molar-refractivity contribution >= 4 is 12.6 Å². The number of rotatable bonds is 8. The lowest BCUT2D eigenvalue weighted by atomic mass is 10.3. The Morgan fingerprint density at radius 3 is 2.18 bits per heavy atom. The van der Waals surface area contributed by atoms with Crippen LogP contribution < -0.4 is 0 Å². The van der Waals surface area contributed by atoms with Gasteiger partial charge in [0.2, 0.25) is 0 Å². The molecule has 0 saturated carbocycles. The molecule has 67 valence electrons. The van der Waals surface area contributed by atoms with Crippen LogP contribution in [0, 0.1) is 0 Å². The summed E-state index contributed by atoms with van der Waals surface area (Å²) in [5, 5.41) is 8.44. The van der Waals surface area contributed by atoms with Gasteiger partial charge in [-0.25, -0.2) is 0 Å². The molecule has 0 saturated heterocycles. The van der Waals surface area contributed by atoms with E-state index in [1.54, 1.807) is 0 Å². The van der Waals surface area contributed by atoms with Crippen molar-refractivity contribution in [1.29, 1.82) is 0 Å². The summed E-state index contributed by atoms with van der Waals surface area (Å²) >= 11 is 4.78. The minimum absolute atomic E-state index is 0.273. The minimum atomic E-state index is 0.273. The molecule has 0 aliphatic rings. The lowest BCUT2D eigenvalue weighted by Gasteiger charge is -2.01. The molecule has 0 fully saturated rings. The lowest BCUT2D eigenvalue weighted by Crippen LogP contribution is -1.98. The smallest absolute Gasteiger partial charge is 0.0466 e. The summed E-state index contributed by atoms with van der Waals surface area (Å²) in [5.74, 6) is 0.833. The number of unbranched alkanes of at least 4 members (excludes halogenated alkanes) is 2. The van der Waals surface area contributed by atoms with Crippen molar-refractivity contribution in [1.82, 2.24) is 0 Å². The van der Waals surface area contributed by atoms with Crippen molar-refractivity contribution in [2.24, 2.45) is 0 Å². The molecule has 1 radical (unpaired) electrons. The van der Waals surface area contributed by atoms with E-state index in [0.717, 1.165) is 44.6 Å². The third-order valence-electron chi connectivity index (χ3n) is 1.38. The molecule has 0 rings (SSSR count). The van der Waals surface area contributed by atoms with Gasteiger partial charge in [0, 0.05) is 25.6 Å². The van der Waals surface area contributed by atoms with E-state index >= 15 is 0 Å². The molecule has 0 unspecified atom stereocenters. The van der Waals surface area contributed by atoms with Gasteiger partial charge >= 0.3 is 0 Å². The lowest BCUT2D eigenvalue weighted by molar-refractivity contribution is 0.122. The van der Waals surface area contributed by atoms with E-state index < -0.39 is 0 Å². The highest BCUT2D eigenvalue weighted by Crippen LogP contribution is 1.94. The summed E-state index contributed by atoms with van der Waals surface area (Å²) < 4.78 is 5.28. The minimum Gasteiger partial charge on any atom is -0.396 e. The molecule has 2 nitrogen and oxygen atoms in total. The zero-order valence-electron chi connectivity index (χ0n) is 6.92. The number of hydrogen-bond acceptors (Lipinski definition) is 2. The summed E-state index contributed by atoms with van der Waals surface area (Å²) in [6.45, 7) is 1.87.